The van der Waals surface area contributed by atoms with Crippen LogP contribution in [0.4, 0.5) is 5.95 Å². The van der Waals surface area contributed by atoms with Gasteiger partial charge in [0.1, 0.15) is 11.2 Å². The lowest BCUT2D eigenvalue weighted by Gasteiger charge is -2.27. The number of anilines is 1. The van der Waals surface area contributed by atoms with Crippen LogP contribution in [0.25, 0.3) is 0 Å². The smallest absolute Gasteiger partial charge is 0.245 e. The van der Waals surface area contributed by atoms with Crippen LogP contribution in [0.5, 0.6) is 0 Å². The first-order chi connectivity index (χ1) is 11.0. The zero-order valence-electron chi connectivity index (χ0n) is 12.9. The summed E-state index contributed by atoms with van der Waals surface area (Å²) in [5.41, 5.74) is 1.46. The highest BCUT2D eigenvalue weighted by atomic mass is 32.2. The number of hydrogen-bond acceptors (Lipinski definition) is 7. The summed E-state index contributed by atoms with van der Waals surface area (Å²) in [6, 6.07) is 1.78. The molecule has 0 aromatic carbocycles. The first-order valence-corrected chi connectivity index (χ1v) is 9.01. The van der Waals surface area contributed by atoms with Crippen molar-refractivity contribution in [1.82, 2.24) is 19.8 Å². The minimum atomic E-state index is -3.65. The molecule has 9 heteroatoms. The zero-order chi connectivity index (χ0) is 16.3. The molecule has 124 valence electrons. The Morgan fingerprint density at radius 3 is 2.74 bits per heavy atom. The molecule has 0 aliphatic carbocycles. The van der Waals surface area contributed by atoms with E-state index in [9.17, 15) is 8.42 Å². The Bertz CT molecular complexity index is 755. The second kappa shape index (κ2) is 6.63. The van der Waals surface area contributed by atoms with Crippen molar-refractivity contribution in [3.63, 3.8) is 0 Å². The molecule has 3 rings (SSSR count). The molecule has 2 aromatic rings. The average molecular weight is 337 g/mol. The van der Waals surface area contributed by atoms with Gasteiger partial charge in [-0.3, -0.25) is 0 Å². The number of nitrogens with one attached hydrogen (secondary N) is 1. The summed E-state index contributed by atoms with van der Waals surface area (Å²) in [6.45, 7) is 3.86. The van der Waals surface area contributed by atoms with Crippen molar-refractivity contribution < 1.29 is 12.9 Å². The number of sulfonamides is 1. The fourth-order valence-electron chi connectivity index (χ4n) is 2.52. The monoisotopic (exact) mass is 337 g/mol. The Labute approximate surface area is 135 Å². The van der Waals surface area contributed by atoms with E-state index in [1.54, 1.807) is 6.07 Å². The zero-order valence-corrected chi connectivity index (χ0v) is 13.7. The second-order valence-electron chi connectivity index (χ2n) is 5.53. The van der Waals surface area contributed by atoms with Gasteiger partial charge in [-0.05, 0) is 32.3 Å². The van der Waals surface area contributed by atoms with Crippen LogP contribution >= 0.6 is 0 Å². The number of rotatable bonds is 5. The molecular formula is C14H19N5O3S. The van der Waals surface area contributed by atoms with Crippen LogP contribution in [0.1, 0.15) is 30.7 Å². The van der Waals surface area contributed by atoms with Gasteiger partial charge in [0.25, 0.3) is 0 Å². The van der Waals surface area contributed by atoms with Crippen LogP contribution in [0.3, 0.4) is 0 Å². The molecule has 1 fully saturated rings. The van der Waals surface area contributed by atoms with Gasteiger partial charge in [-0.2, -0.15) is 0 Å². The highest BCUT2D eigenvalue weighted by Crippen LogP contribution is 2.17. The van der Waals surface area contributed by atoms with Crippen LogP contribution in [0, 0.1) is 6.92 Å². The van der Waals surface area contributed by atoms with Gasteiger partial charge in [0.2, 0.25) is 16.0 Å². The maximum absolute atomic E-state index is 12.1. The highest BCUT2D eigenvalue weighted by molar-refractivity contribution is 7.89. The van der Waals surface area contributed by atoms with Crippen molar-refractivity contribution in [3.8, 4) is 0 Å². The summed E-state index contributed by atoms with van der Waals surface area (Å²) in [4.78, 5) is 11.1. The standard InChI is InChI=1S/C14H19N5O3S/c1-11-7-12(8-16-23(20,21)13-9-15-22-10-13)18-14(17-11)19-5-3-2-4-6-19/h7,9-10,16H,2-6,8H2,1H3. The van der Waals surface area contributed by atoms with Crippen LogP contribution in [-0.2, 0) is 16.6 Å². The largest absolute Gasteiger partial charge is 0.363 e. The van der Waals surface area contributed by atoms with E-state index in [1.807, 2.05) is 6.92 Å². The Morgan fingerprint density at radius 1 is 1.26 bits per heavy atom. The molecule has 0 bridgehead atoms. The summed E-state index contributed by atoms with van der Waals surface area (Å²) >= 11 is 0. The predicted molar refractivity (Wildman–Crippen MR) is 83.4 cm³/mol. The molecule has 1 aliphatic rings. The summed E-state index contributed by atoms with van der Waals surface area (Å²) in [7, 11) is -3.65. The van der Waals surface area contributed by atoms with E-state index in [0.29, 0.717) is 11.6 Å². The number of hydrogen-bond donors (Lipinski definition) is 1. The molecule has 0 spiro atoms. The minimum absolute atomic E-state index is 0.000433. The van der Waals surface area contributed by atoms with Crippen LogP contribution in [-0.4, -0.2) is 36.6 Å². The normalized spacial score (nSPS) is 15.8. The quantitative estimate of drug-likeness (QED) is 0.876. The van der Waals surface area contributed by atoms with Gasteiger partial charge < -0.3 is 9.42 Å². The first kappa shape index (κ1) is 15.9. The lowest BCUT2D eigenvalue weighted by atomic mass is 10.1. The SMILES string of the molecule is Cc1cc(CNS(=O)(=O)c2cnoc2)nc(N2CCCCC2)n1. The topological polar surface area (TPSA) is 101 Å². The maximum Gasteiger partial charge on any atom is 0.245 e. The van der Waals surface area contributed by atoms with E-state index in [0.717, 1.165) is 44.1 Å². The van der Waals surface area contributed by atoms with Crippen molar-refractivity contribution >= 4 is 16.0 Å². The van der Waals surface area contributed by atoms with E-state index in [4.69, 9.17) is 0 Å². The maximum atomic E-state index is 12.1. The van der Waals surface area contributed by atoms with Crippen molar-refractivity contribution in [2.24, 2.45) is 0 Å². The lowest BCUT2D eigenvalue weighted by molar-refractivity contribution is 0.417. The molecule has 8 nitrogen and oxygen atoms in total. The van der Waals surface area contributed by atoms with Crippen molar-refractivity contribution in [3.05, 3.63) is 29.9 Å². The number of nitrogens with zero attached hydrogens (tertiary/aromatic N) is 4. The Balaban J connectivity index is 1.74. The van der Waals surface area contributed by atoms with E-state index in [2.05, 4.69) is 29.3 Å². The highest BCUT2D eigenvalue weighted by Gasteiger charge is 2.18. The van der Waals surface area contributed by atoms with Crippen LogP contribution in [0.2, 0.25) is 0 Å². The first-order valence-electron chi connectivity index (χ1n) is 7.53. The van der Waals surface area contributed by atoms with Crippen molar-refractivity contribution in [2.45, 2.75) is 37.6 Å². The molecule has 0 atom stereocenters. The summed E-state index contributed by atoms with van der Waals surface area (Å²) in [5.74, 6) is 0.670. The predicted octanol–water partition coefficient (Wildman–Crippen LogP) is 1.24. The molecule has 0 radical (unpaired) electrons. The van der Waals surface area contributed by atoms with E-state index < -0.39 is 10.0 Å². The summed E-state index contributed by atoms with van der Waals surface area (Å²) in [6.07, 6.45) is 5.74. The molecule has 1 aliphatic heterocycles. The van der Waals surface area contributed by atoms with Gasteiger partial charge in [-0.25, -0.2) is 23.1 Å². The van der Waals surface area contributed by atoms with Gasteiger partial charge in [0.05, 0.1) is 18.4 Å². The van der Waals surface area contributed by atoms with E-state index >= 15 is 0 Å². The molecular weight excluding hydrogens is 318 g/mol. The summed E-state index contributed by atoms with van der Waals surface area (Å²) in [5, 5.41) is 3.41. The third-order valence-corrected chi connectivity index (χ3v) is 5.04. The molecule has 23 heavy (non-hydrogen) atoms. The Morgan fingerprint density at radius 2 is 2.04 bits per heavy atom. The molecule has 3 heterocycles. The molecule has 0 amide bonds. The van der Waals surface area contributed by atoms with Crippen LogP contribution in [0.15, 0.2) is 27.9 Å². The third-order valence-electron chi connectivity index (χ3n) is 3.70. The van der Waals surface area contributed by atoms with Crippen molar-refractivity contribution in [1.29, 1.82) is 0 Å². The second-order valence-corrected chi connectivity index (χ2v) is 7.30. The van der Waals surface area contributed by atoms with Crippen molar-refractivity contribution in [2.75, 3.05) is 18.0 Å². The fraction of sp³-hybridized carbons (Fsp3) is 0.500. The van der Waals surface area contributed by atoms with E-state index in [-0.39, 0.29) is 11.4 Å². The number of piperidine rings is 1. The molecule has 2 aromatic heterocycles. The minimum Gasteiger partial charge on any atom is -0.363 e. The van der Waals surface area contributed by atoms with Gasteiger partial charge in [0, 0.05) is 18.8 Å². The Kier molecular flexibility index (Phi) is 4.58. The Hall–Kier alpha value is -2.00. The summed E-state index contributed by atoms with van der Waals surface area (Å²) < 4.78 is 31.2. The van der Waals surface area contributed by atoms with Gasteiger partial charge in [0.15, 0.2) is 0 Å². The number of aryl methyl sites for hydroxylation is 1. The van der Waals surface area contributed by atoms with Gasteiger partial charge >= 0.3 is 0 Å². The van der Waals surface area contributed by atoms with E-state index in [1.165, 1.54) is 6.42 Å². The lowest BCUT2D eigenvalue weighted by Crippen LogP contribution is -2.31. The number of aromatic nitrogens is 3. The van der Waals surface area contributed by atoms with Crippen LogP contribution < -0.4 is 9.62 Å². The molecule has 0 unspecified atom stereocenters. The van der Waals surface area contributed by atoms with Gasteiger partial charge in [-0.15, -0.1) is 0 Å². The third kappa shape index (κ3) is 3.85. The molecule has 1 N–H and O–H groups in total. The molecule has 1 saturated heterocycles. The van der Waals surface area contributed by atoms with Gasteiger partial charge in [-0.1, -0.05) is 5.16 Å². The molecule has 0 saturated carbocycles. The average Bonchev–Trinajstić information content (AvgIpc) is 3.09. The fourth-order valence-corrected chi connectivity index (χ4v) is 3.38.